The lowest BCUT2D eigenvalue weighted by Gasteiger charge is -1.84. The van der Waals surface area contributed by atoms with E-state index in [1.165, 1.54) is 6.26 Å². The first-order valence-electron chi connectivity index (χ1n) is 3.32. The summed E-state index contributed by atoms with van der Waals surface area (Å²) in [4.78, 5) is 14.3. The van der Waals surface area contributed by atoms with Crippen molar-refractivity contribution in [3.05, 3.63) is 24.3 Å². The van der Waals surface area contributed by atoms with Crippen molar-refractivity contribution in [3.63, 3.8) is 0 Å². The number of nitrogens with zero attached hydrogens (tertiary/aromatic N) is 1. The van der Waals surface area contributed by atoms with Gasteiger partial charge in [0.25, 0.3) is 5.91 Å². The van der Waals surface area contributed by atoms with Gasteiger partial charge >= 0.3 is 0 Å². The van der Waals surface area contributed by atoms with Crippen LogP contribution in [0.3, 0.4) is 0 Å². The van der Waals surface area contributed by atoms with Crippen molar-refractivity contribution in [2.24, 2.45) is 5.73 Å². The van der Waals surface area contributed by atoms with Gasteiger partial charge in [-0.05, 0) is 6.42 Å². The lowest BCUT2D eigenvalue weighted by molar-refractivity contribution is 0.0995. The van der Waals surface area contributed by atoms with Crippen LogP contribution >= 0.6 is 0 Å². The molecule has 4 nitrogen and oxygen atoms in total. The summed E-state index contributed by atoms with van der Waals surface area (Å²) in [6.07, 6.45) is 3.84. The topological polar surface area (TPSA) is 69.1 Å². The van der Waals surface area contributed by atoms with E-state index in [1.807, 2.05) is 6.92 Å². The Bertz CT molecular complexity index is 255. The van der Waals surface area contributed by atoms with Crippen molar-refractivity contribution < 1.29 is 9.21 Å². The number of nitrogens with two attached hydrogens (primary N) is 1. The van der Waals surface area contributed by atoms with Crippen LogP contribution in [0.15, 0.2) is 10.7 Å². The molecule has 0 aromatic carbocycles. The molecule has 1 aromatic rings. The molecular weight excluding hydrogens is 144 g/mol. The van der Waals surface area contributed by atoms with Crippen molar-refractivity contribution in [3.8, 4) is 0 Å². The van der Waals surface area contributed by atoms with E-state index < -0.39 is 5.91 Å². The van der Waals surface area contributed by atoms with Crippen molar-refractivity contribution in [2.45, 2.75) is 13.3 Å². The summed E-state index contributed by atoms with van der Waals surface area (Å²) in [5.41, 5.74) is 5.12. The molecule has 4 heteroatoms. The van der Waals surface area contributed by atoms with Gasteiger partial charge < -0.3 is 10.2 Å². The lowest BCUT2D eigenvalue weighted by Crippen LogP contribution is -2.11. The van der Waals surface area contributed by atoms with Crippen molar-refractivity contribution in [1.29, 1.82) is 0 Å². The first kappa shape index (κ1) is 7.78. The van der Waals surface area contributed by atoms with Crippen molar-refractivity contribution >= 4 is 5.91 Å². The third kappa shape index (κ3) is 1.80. The molecular formula is C7H9N2O2. The normalized spacial score (nSPS) is 9.91. The minimum absolute atomic E-state index is 0.171. The minimum atomic E-state index is -0.565. The Kier molecular flexibility index (Phi) is 2.25. The fourth-order valence-corrected chi connectivity index (χ4v) is 0.669. The molecule has 0 aliphatic carbocycles. The Morgan fingerprint density at radius 3 is 3.09 bits per heavy atom. The van der Waals surface area contributed by atoms with E-state index >= 15 is 0 Å². The molecule has 11 heavy (non-hydrogen) atoms. The summed E-state index contributed by atoms with van der Waals surface area (Å²) < 4.78 is 4.90. The zero-order valence-corrected chi connectivity index (χ0v) is 6.20. The van der Waals surface area contributed by atoms with E-state index in [2.05, 4.69) is 4.98 Å². The van der Waals surface area contributed by atoms with Gasteiger partial charge in [0.2, 0.25) is 0 Å². The molecule has 0 fully saturated rings. The monoisotopic (exact) mass is 153 g/mol. The third-order valence-corrected chi connectivity index (χ3v) is 1.15. The van der Waals surface area contributed by atoms with Gasteiger partial charge in [-0.15, -0.1) is 0 Å². The summed E-state index contributed by atoms with van der Waals surface area (Å²) in [5, 5.41) is 0. The number of primary amides is 1. The van der Waals surface area contributed by atoms with Crippen LogP contribution in [0.2, 0.25) is 0 Å². The number of carbonyl (C=O) groups is 1. The van der Waals surface area contributed by atoms with Crippen LogP contribution in [-0.4, -0.2) is 10.9 Å². The quantitative estimate of drug-likeness (QED) is 0.696. The maximum atomic E-state index is 10.5. The van der Waals surface area contributed by atoms with Crippen LogP contribution in [0, 0.1) is 6.42 Å². The zero-order valence-electron chi connectivity index (χ0n) is 6.20. The van der Waals surface area contributed by atoms with Crippen LogP contribution < -0.4 is 5.73 Å². The molecule has 0 unspecified atom stereocenters. The molecule has 0 atom stereocenters. The second kappa shape index (κ2) is 3.18. The molecule has 0 spiro atoms. The second-order valence-corrected chi connectivity index (χ2v) is 2.05. The van der Waals surface area contributed by atoms with E-state index in [4.69, 9.17) is 10.2 Å². The highest BCUT2D eigenvalue weighted by atomic mass is 16.3. The highest BCUT2D eigenvalue weighted by Gasteiger charge is 2.06. The number of oxazole rings is 1. The Hall–Kier alpha value is -1.32. The number of carbonyl (C=O) groups excluding carboxylic acids is 1. The minimum Gasteiger partial charge on any atom is -0.448 e. The van der Waals surface area contributed by atoms with Gasteiger partial charge in [-0.2, -0.15) is 0 Å². The maximum Gasteiger partial charge on any atom is 0.270 e. The average molecular weight is 153 g/mol. The number of rotatable bonds is 3. The van der Waals surface area contributed by atoms with Crippen LogP contribution in [0.5, 0.6) is 0 Å². The van der Waals surface area contributed by atoms with Crippen molar-refractivity contribution in [2.75, 3.05) is 0 Å². The molecule has 0 aliphatic heterocycles. The molecule has 1 rings (SSSR count). The number of hydrogen-bond acceptors (Lipinski definition) is 3. The summed E-state index contributed by atoms with van der Waals surface area (Å²) in [6, 6.07) is 0. The fraction of sp³-hybridized carbons (Fsp3) is 0.286. The predicted molar refractivity (Wildman–Crippen MR) is 38.7 cm³/mol. The van der Waals surface area contributed by atoms with Gasteiger partial charge in [0.05, 0.1) is 0 Å². The standard InChI is InChI=1S/C7H9N2O2/c1-2-3-6-9-5(4-11-6)7(8)10/h3-4H,2H2,1H3,(H2,8,10). The molecule has 1 aromatic heterocycles. The Labute approximate surface area is 64.4 Å². The Morgan fingerprint density at radius 2 is 2.64 bits per heavy atom. The SMILES string of the molecule is CC[CH]c1nc(C(N)=O)co1. The Morgan fingerprint density at radius 1 is 1.91 bits per heavy atom. The van der Waals surface area contributed by atoms with Gasteiger partial charge in [0.1, 0.15) is 6.26 Å². The maximum absolute atomic E-state index is 10.5. The van der Waals surface area contributed by atoms with E-state index in [9.17, 15) is 4.79 Å². The van der Waals surface area contributed by atoms with E-state index in [0.717, 1.165) is 6.42 Å². The fourth-order valence-electron chi connectivity index (χ4n) is 0.669. The molecule has 1 heterocycles. The second-order valence-electron chi connectivity index (χ2n) is 2.05. The lowest BCUT2D eigenvalue weighted by atomic mass is 10.3. The van der Waals surface area contributed by atoms with Crippen LogP contribution in [-0.2, 0) is 0 Å². The smallest absolute Gasteiger partial charge is 0.270 e. The van der Waals surface area contributed by atoms with Gasteiger partial charge in [-0.1, -0.05) is 6.92 Å². The van der Waals surface area contributed by atoms with Gasteiger partial charge in [-0.25, -0.2) is 4.98 Å². The van der Waals surface area contributed by atoms with Crippen LogP contribution in [0.1, 0.15) is 29.7 Å². The van der Waals surface area contributed by atoms with Gasteiger partial charge in [-0.3, -0.25) is 4.79 Å². The van der Waals surface area contributed by atoms with E-state index in [0.29, 0.717) is 5.89 Å². The molecule has 2 N–H and O–H groups in total. The highest BCUT2D eigenvalue weighted by Crippen LogP contribution is 2.04. The molecule has 0 aliphatic rings. The molecule has 0 saturated heterocycles. The molecule has 1 amide bonds. The Balaban J connectivity index is 2.73. The zero-order chi connectivity index (χ0) is 8.27. The largest absolute Gasteiger partial charge is 0.448 e. The number of amides is 1. The number of aromatic nitrogens is 1. The summed E-state index contributed by atoms with van der Waals surface area (Å²) in [7, 11) is 0. The first-order valence-corrected chi connectivity index (χ1v) is 3.32. The van der Waals surface area contributed by atoms with E-state index in [1.54, 1.807) is 6.42 Å². The van der Waals surface area contributed by atoms with Crippen LogP contribution in [0.25, 0.3) is 0 Å². The van der Waals surface area contributed by atoms with Gasteiger partial charge in [0, 0.05) is 6.42 Å². The average Bonchev–Trinajstić information content (AvgIpc) is 2.37. The highest BCUT2D eigenvalue weighted by molar-refractivity contribution is 5.90. The summed E-state index contributed by atoms with van der Waals surface area (Å²) in [5.74, 6) is -0.120. The number of hydrogen-bond donors (Lipinski definition) is 1. The summed E-state index contributed by atoms with van der Waals surface area (Å²) in [6.45, 7) is 1.95. The van der Waals surface area contributed by atoms with Gasteiger partial charge in [0.15, 0.2) is 11.6 Å². The molecule has 0 bridgehead atoms. The molecule has 1 radical (unpaired) electrons. The summed E-state index contributed by atoms with van der Waals surface area (Å²) >= 11 is 0. The predicted octanol–water partition coefficient (Wildman–Crippen LogP) is 0.736. The molecule has 59 valence electrons. The van der Waals surface area contributed by atoms with Crippen LogP contribution in [0.4, 0.5) is 0 Å². The van der Waals surface area contributed by atoms with Crippen molar-refractivity contribution in [1.82, 2.24) is 4.98 Å². The third-order valence-electron chi connectivity index (χ3n) is 1.15. The van der Waals surface area contributed by atoms with E-state index in [-0.39, 0.29) is 5.69 Å². The first-order chi connectivity index (χ1) is 5.24. The molecule has 0 saturated carbocycles.